The molecule has 3 aromatic rings. The van der Waals surface area contributed by atoms with Gasteiger partial charge >= 0.3 is 6.61 Å². The van der Waals surface area contributed by atoms with Crippen LogP contribution in [0.4, 0.5) is 8.78 Å². The van der Waals surface area contributed by atoms with Crippen molar-refractivity contribution < 1.29 is 23.0 Å². The van der Waals surface area contributed by atoms with E-state index in [-0.39, 0.29) is 20.5 Å². The number of thiazole rings is 1. The first kappa shape index (κ1) is 25.1. The number of benzene rings is 2. The summed E-state index contributed by atoms with van der Waals surface area (Å²) >= 11 is 1.03. The number of alkyl halides is 2. The topological polar surface area (TPSA) is 84.6 Å². The van der Waals surface area contributed by atoms with Crippen LogP contribution in [0, 0.1) is 11.3 Å². The molecule has 36 heavy (non-hydrogen) atoms. The Morgan fingerprint density at radius 3 is 2.33 bits per heavy atom. The molecule has 0 bridgehead atoms. The molecule has 0 atom stereocenters. The van der Waals surface area contributed by atoms with Crippen LogP contribution in [-0.2, 0) is 4.79 Å². The first-order chi connectivity index (χ1) is 17.4. The smallest absolute Gasteiger partial charge is 0.387 e. The fraction of sp³-hybridized carbons (Fsp3) is 0.269. The molecule has 1 aliphatic heterocycles. The Kier molecular flexibility index (Phi) is 7.80. The molecule has 1 amide bonds. The van der Waals surface area contributed by atoms with Crippen molar-refractivity contribution in [2.75, 3.05) is 19.7 Å². The highest BCUT2D eigenvalue weighted by molar-refractivity contribution is 7.07. The second-order valence-electron chi connectivity index (χ2n) is 7.92. The maximum Gasteiger partial charge on any atom is 0.387 e. The molecule has 0 aliphatic carbocycles. The number of halogens is 2. The molecule has 1 aliphatic rings. The summed E-state index contributed by atoms with van der Waals surface area (Å²) in [6.45, 7) is 0.541. The molecule has 0 spiro atoms. The first-order valence-electron chi connectivity index (χ1n) is 11.4. The van der Waals surface area contributed by atoms with Gasteiger partial charge in [-0.15, -0.1) is 11.3 Å². The number of aromatic nitrogens is 1. The molecule has 4 rings (SSSR count). The van der Waals surface area contributed by atoms with E-state index in [0.29, 0.717) is 36.7 Å². The van der Waals surface area contributed by atoms with Crippen molar-refractivity contribution >= 4 is 28.9 Å². The molecule has 7 nitrogen and oxygen atoms in total. The summed E-state index contributed by atoms with van der Waals surface area (Å²) in [5, 5.41) is 9.94. The lowest BCUT2D eigenvalue weighted by atomic mass is 10.2. The highest BCUT2D eigenvalue weighted by atomic mass is 32.1. The third-order valence-corrected chi connectivity index (χ3v) is 6.66. The number of rotatable bonds is 7. The quantitative estimate of drug-likeness (QED) is 0.487. The van der Waals surface area contributed by atoms with Crippen LogP contribution in [0.25, 0.3) is 17.3 Å². The Hall–Kier alpha value is -3.97. The van der Waals surface area contributed by atoms with Crippen molar-refractivity contribution in [3.8, 4) is 23.3 Å². The van der Waals surface area contributed by atoms with Crippen LogP contribution in [0.15, 0.2) is 53.3 Å². The molecule has 0 N–H and O–H groups in total. The zero-order chi connectivity index (χ0) is 25.7. The highest BCUT2D eigenvalue weighted by Crippen LogP contribution is 2.17. The molecular weight excluding hydrogens is 488 g/mol. The predicted molar refractivity (Wildman–Crippen MR) is 132 cm³/mol. The third-order valence-electron chi connectivity index (χ3n) is 5.57. The Morgan fingerprint density at radius 2 is 1.75 bits per heavy atom. The first-order valence-corrected chi connectivity index (χ1v) is 12.2. The Balaban J connectivity index is 1.89. The molecule has 0 radical (unpaired) electrons. The van der Waals surface area contributed by atoms with Crippen molar-refractivity contribution in [3.05, 3.63) is 73.6 Å². The molecular formula is C26H23F2N3O4S. The van der Waals surface area contributed by atoms with Crippen LogP contribution < -0.4 is 24.2 Å². The van der Waals surface area contributed by atoms with E-state index in [4.69, 9.17) is 4.74 Å². The number of amides is 1. The standard InChI is InChI=1S/C26H23F2N3O4S/c1-2-34-19-11-7-18(8-12-19)31-24(33)22(15-17-5-9-20(10-6-17)35-26(27)28)36-25(31)21(16-29)23(32)30-13-3-4-14-30/h5-12,15,26H,2-4,13-14H2,1H3/b22-15-,25-21+. The molecule has 10 heteroatoms. The van der Waals surface area contributed by atoms with E-state index in [9.17, 15) is 23.6 Å². The Labute approximate surface area is 209 Å². The maximum absolute atomic E-state index is 13.5. The number of carbonyl (C=O) groups excluding carboxylic acids is 1. The van der Waals surface area contributed by atoms with Gasteiger partial charge in [0, 0.05) is 13.1 Å². The summed E-state index contributed by atoms with van der Waals surface area (Å²) in [5.74, 6) is 0.217. The van der Waals surface area contributed by atoms with Gasteiger partial charge in [-0.2, -0.15) is 14.0 Å². The lowest BCUT2D eigenvalue weighted by Crippen LogP contribution is -2.35. The summed E-state index contributed by atoms with van der Waals surface area (Å²) in [4.78, 5) is 28.3. The van der Waals surface area contributed by atoms with Crippen molar-refractivity contribution in [1.29, 1.82) is 5.26 Å². The van der Waals surface area contributed by atoms with Crippen molar-refractivity contribution in [2.24, 2.45) is 0 Å². The zero-order valence-electron chi connectivity index (χ0n) is 19.4. The fourth-order valence-corrected chi connectivity index (χ4v) is 5.00. The third kappa shape index (κ3) is 5.47. The van der Waals surface area contributed by atoms with Gasteiger partial charge in [0.15, 0.2) is 5.57 Å². The zero-order valence-corrected chi connectivity index (χ0v) is 20.3. The maximum atomic E-state index is 13.5. The van der Waals surface area contributed by atoms with E-state index >= 15 is 0 Å². The van der Waals surface area contributed by atoms with Crippen LogP contribution in [0.1, 0.15) is 25.3 Å². The normalized spacial score (nSPS) is 14.6. The summed E-state index contributed by atoms with van der Waals surface area (Å²) in [6, 6.07) is 14.7. The summed E-state index contributed by atoms with van der Waals surface area (Å²) in [6.07, 6.45) is 3.32. The second kappa shape index (κ2) is 11.2. The lowest BCUT2D eigenvalue weighted by molar-refractivity contribution is -0.123. The van der Waals surface area contributed by atoms with Gasteiger partial charge in [0.05, 0.1) is 16.8 Å². The number of nitrogens with zero attached hydrogens (tertiary/aromatic N) is 3. The monoisotopic (exact) mass is 511 g/mol. The van der Waals surface area contributed by atoms with Crippen LogP contribution >= 0.6 is 11.3 Å². The number of likely N-dealkylation sites (tertiary alicyclic amines) is 1. The molecule has 2 aromatic carbocycles. The van der Waals surface area contributed by atoms with Crippen molar-refractivity contribution in [2.45, 2.75) is 26.4 Å². The van der Waals surface area contributed by atoms with Gasteiger partial charge in [-0.05, 0) is 67.8 Å². The molecule has 0 saturated carbocycles. The molecule has 186 valence electrons. The number of hydrogen-bond donors (Lipinski definition) is 0. The van der Waals surface area contributed by atoms with E-state index < -0.39 is 18.1 Å². The van der Waals surface area contributed by atoms with Crippen molar-refractivity contribution in [3.63, 3.8) is 0 Å². The minimum absolute atomic E-state index is 0.00266. The lowest BCUT2D eigenvalue weighted by Gasteiger charge is -2.14. The molecule has 1 aromatic heterocycles. The molecule has 2 heterocycles. The van der Waals surface area contributed by atoms with E-state index in [1.54, 1.807) is 47.4 Å². The van der Waals surface area contributed by atoms with Gasteiger partial charge in [0.25, 0.3) is 11.5 Å². The number of hydrogen-bond acceptors (Lipinski definition) is 6. The van der Waals surface area contributed by atoms with Crippen LogP contribution in [0.2, 0.25) is 0 Å². The van der Waals surface area contributed by atoms with Gasteiger partial charge < -0.3 is 14.4 Å². The molecule has 1 saturated heterocycles. The average molecular weight is 512 g/mol. The predicted octanol–water partition coefficient (Wildman–Crippen LogP) is 3.02. The highest BCUT2D eigenvalue weighted by Gasteiger charge is 2.24. The van der Waals surface area contributed by atoms with Gasteiger partial charge in [-0.25, -0.2) is 0 Å². The second-order valence-corrected chi connectivity index (χ2v) is 8.95. The SMILES string of the molecule is CCOc1ccc(-n2c(=O)/c(=C/c3ccc(OC(F)F)cc3)s/c2=C(\C#N)C(=O)N2CCCC2)cc1. The van der Waals surface area contributed by atoms with Crippen LogP contribution in [0.5, 0.6) is 11.5 Å². The van der Waals surface area contributed by atoms with Crippen LogP contribution in [0.3, 0.4) is 0 Å². The largest absolute Gasteiger partial charge is 0.494 e. The number of ether oxygens (including phenoxy) is 2. The van der Waals surface area contributed by atoms with E-state index in [2.05, 4.69) is 4.74 Å². The van der Waals surface area contributed by atoms with Gasteiger partial charge in [-0.1, -0.05) is 12.1 Å². The minimum atomic E-state index is -2.94. The summed E-state index contributed by atoms with van der Waals surface area (Å²) in [5.41, 5.74) is 0.545. The van der Waals surface area contributed by atoms with Gasteiger partial charge in [0.1, 0.15) is 22.2 Å². The summed E-state index contributed by atoms with van der Waals surface area (Å²) in [7, 11) is 0. The van der Waals surface area contributed by atoms with E-state index in [0.717, 1.165) is 24.2 Å². The van der Waals surface area contributed by atoms with E-state index in [1.807, 2.05) is 13.0 Å². The van der Waals surface area contributed by atoms with Crippen LogP contribution in [-0.4, -0.2) is 41.7 Å². The average Bonchev–Trinajstić information content (AvgIpc) is 3.50. The summed E-state index contributed by atoms with van der Waals surface area (Å²) < 4.78 is 36.6. The Bertz CT molecular complexity index is 1450. The number of nitriles is 1. The van der Waals surface area contributed by atoms with E-state index in [1.165, 1.54) is 16.7 Å². The fourth-order valence-electron chi connectivity index (χ4n) is 3.90. The number of carbonyl (C=O) groups is 1. The molecule has 0 unspecified atom stereocenters. The van der Waals surface area contributed by atoms with Crippen molar-refractivity contribution in [1.82, 2.24) is 9.47 Å². The molecule has 1 fully saturated rings. The minimum Gasteiger partial charge on any atom is -0.494 e. The Morgan fingerprint density at radius 1 is 1.11 bits per heavy atom. The van der Waals surface area contributed by atoms with Gasteiger partial charge in [-0.3, -0.25) is 14.2 Å². The van der Waals surface area contributed by atoms with Gasteiger partial charge in [0.2, 0.25) is 0 Å².